The monoisotopic (exact) mass is 364 g/mol. The highest BCUT2D eigenvalue weighted by atomic mass is 16.5. The summed E-state index contributed by atoms with van der Waals surface area (Å²) in [6.45, 7) is 4.62. The predicted molar refractivity (Wildman–Crippen MR) is 114 cm³/mol. The van der Waals surface area contributed by atoms with E-state index >= 15 is 0 Å². The number of hydrogen-bond acceptors (Lipinski definition) is 2. The van der Waals surface area contributed by atoms with Gasteiger partial charge in [-0.1, -0.05) is 89.0 Å². The lowest BCUT2D eigenvalue weighted by atomic mass is 10.1. The molecule has 2 heteroatoms. The molecule has 26 heavy (non-hydrogen) atoms. The molecular weight excluding hydrogens is 320 g/mol. The van der Waals surface area contributed by atoms with Crippen LogP contribution in [0, 0.1) is 0 Å². The fourth-order valence-corrected chi connectivity index (χ4v) is 3.02. The van der Waals surface area contributed by atoms with Gasteiger partial charge in [0.15, 0.2) is 0 Å². The van der Waals surface area contributed by atoms with E-state index in [1.165, 1.54) is 77.0 Å². The van der Waals surface area contributed by atoms with Crippen molar-refractivity contribution < 1.29 is 9.53 Å². The second kappa shape index (κ2) is 22.0. The summed E-state index contributed by atoms with van der Waals surface area (Å²) in [4.78, 5) is 11.2. The number of allylic oxidation sites excluding steroid dienone is 4. The van der Waals surface area contributed by atoms with Crippen LogP contribution >= 0.6 is 0 Å². The van der Waals surface area contributed by atoms with Crippen LogP contribution in [0.2, 0.25) is 0 Å². The topological polar surface area (TPSA) is 26.3 Å². The van der Waals surface area contributed by atoms with Gasteiger partial charge in [0.1, 0.15) is 0 Å². The Morgan fingerprint density at radius 2 is 1.15 bits per heavy atom. The van der Waals surface area contributed by atoms with Crippen molar-refractivity contribution >= 4 is 5.97 Å². The molecule has 2 nitrogen and oxygen atoms in total. The zero-order chi connectivity index (χ0) is 19.1. The van der Waals surface area contributed by atoms with Crippen molar-refractivity contribution in [3.8, 4) is 0 Å². The molecule has 0 aromatic carbocycles. The number of rotatable bonds is 19. The Bertz CT molecular complexity index is 344. The minimum atomic E-state index is -0.0375. The van der Waals surface area contributed by atoms with Gasteiger partial charge in [0, 0.05) is 6.42 Å². The molecule has 0 saturated heterocycles. The van der Waals surface area contributed by atoms with Crippen LogP contribution in [0.5, 0.6) is 0 Å². The first-order valence-corrected chi connectivity index (χ1v) is 11.3. The van der Waals surface area contributed by atoms with Crippen LogP contribution in [-0.4, -0.2) is 12.6 Å². The van der Waals surface area contributed by atoms with E-state index in [-0.39, 0.29) is 5.97 Å². The predicted octanol–water partition coefficient (Wildman–Crippen LogP) is 7.92. The third-order valence-electron chi connectivity index (χ3n) is 4.64. The number of esters is 1. The molecule has 0 unspecified atom stereocenters. The van der Waals surface area contributed by atoms with Crippen molar-refractivity contribution in [2.24, 2.45) is 0 Å². The summed E-state index contributed by atoms with van der Waals surface area (Å²) < 4.78 is 4.93. The summed E-state index contributed by atoms with van der Waals surface area (Å²) in [6, 6.07) is 0. The third-order valence-corrected chi connectivity index (χ3v) is 4.64. The molecule has 0 aliphatic carbocycles. The van der Waals surface area contributed by atoms with Crippen molar-refractivity contribution in [2.75, 3.05) is 6.61 Å². The molecule has 0 saturated carbocycles. The van der Waals surface area contributed by atoms with Crippen molar-refractivity contribution in [3.05, 3.63) is 24.3 Å². The SMILES string of the molecule is CCCCC/C=C\C/C=C\CCCCCCCCCCCC(=O)OCC. The molecule has 0 atom stereocenters. The maximum Gasteiger partial charge on any atom is 0.305 e. The van der Waals surface area contributed by atoms with E-state index < -0.39 is 0 Å². The zero-order valence-electron chi connectivity index (χ0n) is 17.6. The van der Waals surface area contributed by atoms with Crippen LogP contribution < -0.4 is 0 Å². The van der Waals surface area contributed by atoms with Crippen molar-refractivity contribution in [3.63, 3.8) is 0 Å². The van der Waals surface area contributed by atoms with E-state index in [0.717, 1.165) is 19.3 Å². The van der Waals surface area contributed by atoms with Gasteiger partial charge in [-0.25, -0.2) is 0 Å². The number of unbranched alkanes of at least 4 members (excludes halogenated alkanes) is 12. The summed E-state index contributed by atoms with van der Waals surface area (Å²) in [5, 5.41) is 0. The Balaban J connectivity index is 3.17. The van der Waals surface area contributed by atoms with E-state index in [1.807, 2.05) is 6.92 Å². The maximum atomic E-state index is 11.2. The van der Waals surface area contributed by atoms with E-state index in [2.05, 4.69) is 31.2 Å². The molecule has 0 aliphatic rings. The first-order chi connectivity index (χ1) is 12.8. The van der Waals surface area contributed by atoms with E-state index in [4.69, 9.17) is 4.74 Å². The normalized spacial score (nSPS) is 11.6. The molecule has 0 aliphatic heterocycles. The lowest BCUT2D eigenvalue weighted by Crippen LogP contribution is -2.03. The molecule has 0 aromatic rings. The van der Waals surface area contributed by atoms with Crippen LogP contribution in [0.3, 0.4) is 0 Å². The highest BCUT2D eigenvalue weighted by Gasteiger charge is 2.00. The summed E-state index contributed by atoms with van der Waals surface area (Å²) in [6.07, 6.45) is 29.0. The summed E-state index contributed by atoms with van der Waals surface area (Å²) in [5.41, 5.74) is 0. The highest BCUT2D eigenvalue weighted by molar-refractivity contribution is 5.69. The van der Waals surface area contributed by atoms with Crippen molar-refractivity contribution in [1.82, 2.24) is 0 Å². The zero-order valence-corrected chi connectivity index (χ0v) is 17.6. The Labute approximate surface area is 163 Å². The van der Waals surface area contributed by atoms with Gasteiger partial charge in [-0.2, -0.15) is 0 Å². The van der Waals surface area contributed by atoms with Crippen LogP contribution in [-0.2, 0) is 9.53 Å². The van der Waals surface area contributed by atoms with Gasteiger partial charge in [-0.15, -0.1) is 0 Å². The summed E-state index contributed by atoms with van der Waals surface area (Å²) in [7, 11) is 0. The number of carbonyl (C=O) groups excluding carboxylic acids is 1. The Kier molecular flexibility index (Phi) is 21.1. The van der Waals surface area contributed by atoms with Crippen LogP contribution in [0.4, 0.5) is 0 Å². The molecule has 0 bridgehead atoms. The molecule has 0 spiro atoms. The maximum absolute atomic E-state index is 11.2. The van der Waals surface area contributed by atoms with E-state index in [0.29, 0.717) is 13.0 Å². The van der Waals surface area contributed by atoms with E-state index in [9.17, 15) is 4.79 Å². The average Bonchev–Trinajstić information content (AvgIpc) is 2.64. The Morgan fingerprint density at radius 1 is 0.654 bits per heavy atom. The Morgan fingerprint density at radius 3 is 1.69 bits per heavy atom. The van der Waals surface area contributed by atoms with Crippen LogP contribution in [0.15, 0.2) is 24.3 Å². The molecule has 0 rings (SSSR count). The second-order valence-corrected chi connectivity index (χ2v) is 7.20. The highest BCUT2D eigenvalue weighted by Crippen LogP contribution is 2.12. The minimum Gasteiger partial charge on any atom is -0.466 e. The van der Waals surface area contributed by atoms with Gasteiger partial charge in [-0.3, -0.25) is 4.79 Å². The molecule has 0 heterocycles. The largest absolute Gasteiger partial charge is 0.466 e. The van der Waals surface area contributed by atoms with Gasteiger partial charge >= 0.3 is 5.97 Å². The molecular formula is C24H44O2. The van der Waals surface area contributed by atoms with Crippen molar-refractivity contribution in [1.29, 1.82) is 0 Å². The fraction of sp³-hybridized carbons (Fsp3) is 0.792. The molecule has 0 amide bonds. The third kappa shape index (κ3) is 21.0. The number of carbonyl (C=O) groups is 1. The second-order valence-electron chi connectivity index (χ2n) is 7.20. The molecule has 0 N–H and O–H groups in total. The summed E-state index contributed by atoms with van der Waals surface area (Å²) >= 11 is 0. The standard InChI is InChI=1S/C24H44O2/c1-3-5-6-7-8-9-10-11-12-13-14-15-16-17-18-19-20-21-22-23-24(25)26-4-2/h8-9,11-12H,3-7,10,13-23H2,1-2H3/b9-8-,12-11-. The fourth-order valence-electron chi connectivity index (χ4n) is 3.02. The van der Waals surface area contributed by atoms with E-state index in [1.54, 1.807) is 0 Å². The first-order valence-electron chi connectivity index (χ1n) is 11.3. The lowest BCUT2D eigenvalue weighted by molar-refractivity contribution is -0.143. The molecule has 0 aromatic heterocycles. The molecule has 0 fully saturated rings. The summed E-state index contributed by atoms with van der Waals surface area (Å²) in [5.74, 6) is -0.0375. The smallest absolute Gasteiger partial charge is 0.305 e. The van der Waals surface area contributed by atoms with Gasteiger partial charge in [0.25, 0.3) is 0 Å². The van der Waals surface area contributed by atoms with Gasteiger partial charge in [0.2, 0.25) is 0 Å². The first kappa shape index (κ1) is 24.9. The lowest BCUT2D eigenvalue weighted by Gasteiger charge is -2.03. The minimum absolute atomic E-state index is 0.0375. The quantitative estimate of drug-likeness (QED) is 0.132. The molecule has 152 valence electrons. The number of ether oxygens (including phenoxy) is 1. The molecule has 0 radical (unpaired) electrons. The Hall–Kier alpha value is -1.05. The number of hydrogen-bond donors (Lipinski definition) is 0. The van der Waals surface area contributed by atoms with Gasteiger partial charge in [-0.05, 0) is 45.4 Å². The van der Waals surface area contributed by atoms with Crippen molar-refractivity contribution in [2.45, 2.75) is 117 Å². The van der Waals surface area contributed by atoms with Gasteiger partial charge in [0.05, 0.1) is 6.61 Å². The van der Waals surface area contributed by atoms with Crippen LogP contribution in [0.1, 0.15) is 117 Å². The average molecular weight is 365 g/mol. The van der Waals surface area contributed by atoms with Crippen LogP contribution in [0.25, 0.3) is 0 Å². The van der Waals surface area contributed by atoms with Gasteiger partial charge < -0.3 is 4.74 Å².